The van der Waals surface area contributed by atoms with Gasteiger partial charge in [-0.15, -0.1) is 0 Å². The maximum absolute atomic E-state index is 12.0. The third-order valence-electron chi connectivity index (χ3n) is 2.15. The number of rotatable bonds is 0. The summed E-state index contributed by atoms with van der Waals surface area (Å²) in [5.41, 5.74) is -1.03. The van der Waals surface area contributed by atoms with E-state index in [9.17, 15) is 13.9 Å². The predicted molar refractivity (Wildman–Crippen MR) is 21.1 cm³/mol. The highest BCUT2D eigenvalue weighted by Gasteiger charge is 2.84. The van der Waals surface area contributed by atoms with Gasteiger partial charge in [0.2, 0.25) is 0 Å². The van der Waals surface area contributed by atoms with E-state index in [1.165, 1.54) is 0 Å². The van der Waals surface area contributed by atoms with Gasteiger partial charge >= 0.3 is 0 Å². The largest absolute Gasteiger partial charge is 0.257 e. The fourth-order valence-electron chi connectivity index (χ4n) is 1.19. The van der Waals surface area contributed by atoms with E-state index in [0.717, 1.165) is 0 Å². The van der Waals surface area contributed by atoms with Crippen molar-refractivity contribution in [2.75, 3.05) is 0 Å². The summed E-state index contributed by atoms with van der Waals surface area (Å²) in [5.74, 6) is -2.58. The Kier molecular flexibility index (Phi) is 0.477. The van der Waals surface area contributed by atoms with Crippen LogP contribution in [0.1, 0.15) is 12.8 Å². The molecule has 0 aromatic carbocycles. The van der Waals surface area contributed by atoms with Gasteiger partial charge in [0.05, 0.1) is 5.41 Å². The van der Waals surface area contributed by atoms with E-state index in [2.05, 4.69) is 0 Å². The Morgan fingerprint density at radius 3 is 1.88 bits per heavy atom. The van der Waals surface area contributed by atoms with Crippen LogP contribution in [-0.4, -0.2) is 12.0 Å². The Morgan fingerprint density at radius 2 is 1.88 bits per heavy atom. The standard InChI is InChI=1S/C5H5F2O/c6-5(7)2-4(5)1-3(4)8/h3H,1-2H2. The van der Waals surface area contributed by atoms with Crippen molar-refractivity contribution in [2.45, 2.75) is 24.9 Å². The van der Waals surface area contributed by atoms with Crippen molar-refractivity contribution in [3.63, 3.8) is 0 Å². The molecule has 2 unspecified atom stereocenters. The molecule has 0 amide bonds. The Hall–Kier alpha value is -0.180. The Balaban J connectivity index is 2.17. The van der Waals surface area contributed by atoms with Crippen LogP contribution in [0.25, 0.3) is 0 Å². The van der Waals surface area contributed by atoms with E-state index in [4.69, 9.17) is 0 Å². The highest BCUT2D eigenvalue weighted by atomic mass is 19.3. The van der Waals surface area contributed by atoms with Gasteiger partial charge < -0.3 is 0 Å². The summed E-state index contributed by atoms with van der Waals surface area (Å²) in [6, 6.07) is 0. The lowest BCUT2D eigenvalue weighted by atomic mass is 10.4. The lowest BCUT2D eigenvalue weighted by molar-refractivity contribution is 0.0650. The van der Waals surface area contributed by atoms with Gasteiger partial charge in [0.1, 0.15) is 6.10 Å². The molecule has 2 saturated carbocycles. The highest BCUT2D eigenvalue weighted by molar-refractivity contribution is 5.25. The summed E-state index contributed by atoms with van der Waals surface area (Å²) in [6.45, 7) is 0. The molecular weight excluding hydrogens is 114 g/mol. The zero-order valence-electron chi connectivity index (χ0n) is 4.16. The van der Waals surface area contributed by atoms with Crippen molar-refractivity contribution in [1.82, 2.24) is 0 Å². The molecule has 2 aliphatic carbocycles. The summed E-state index contributed by atoms with van der Waals surface area (Å²) in [5, 5.41) is 10.3. The van der Waals surface area contributed by atoms with Crippen LogP contribution in [0.15, 0.2) is 0 Å². The molecule has 0 aliphatic heterocycles. The lowest BCUT2D eigenvalue weighted by Crippen LogP contribution is -1.96. The van der Waals surface area contributed by atoms with Gasteiger partial charge in [-0.2, -0.15) is 0 Å². The molecule has 0 N–H and O–H groups in total. The zero-order valence-corrected chi connectivity index (χ0v) is 4.16. The monoisotopic (exact) mass is 119 g/mol. The van der Waals surface area contributed by atoms with E-state index in [1.54, 1.807) is 0 Å². The molecule has 0 bridgehead atoms. The normalized spacial score (nSPS) is 56.6. The van der Waals surface area contributed by atoms with Crippen molar-refractivity contribution in [1.29, 1.82) is 0 Å². The van der Waals surface area contributed by atoms with Crippen LogP contribution in [-0.2, 0) is 5.11 Å². The van der Waals surface area contributed by atoms with Gasteiger partial charge in [-0.05, 0) is 6.42 Å². The average molecular weight is 119 g/mol. The van der Waals surface area contributed by atoms with Crippen LogP contribution < -0.4 is 0 Å². The van der Waals surface area contributed by atoms with Crippen molar-refractivity contribution in [3.05, 3.63) is 0 Å². The molecule has 8 heavy (non-hydrogen) atoms. The number of alkyl halides is 2. The van der Waals surface area contributed by atoms with E-state index in [0.29, 0.717) is 0 Å². The second-order valence-electron chi connectivity index (χ2n) is 2.73. The molecule has 1 radical (unpaired) electrons. The number of halogens is 2. The first-order valence-electron chi connectivity index (χ1n) is 2.62. The van der Waals surface area contributed by atoms with Gasteiger partial charge in [0.25, 0.3) is 5.92 Å². The zero-order chi connectivity index (χ0) is 5.99. The van der Waals surface area contributed by atoms with Crippen LogP contribution in [0.4, 0.5) is 8.78 Å². The lowest BCUT2D eigenvalue weighted by Gasteiger charge is -1.86. The Morgan fingerprint density at radius 1 is 1.50 bits per heavy atom. The minimum Gasteiger partial charge on any atom is -0.232 e. The quantitative estimate of drug-likeness (QED) is 0.456. The molecule has 0 aromatic rings. The molecule has 3 heteroatoms. The fraction of sp³-hybridized carbons (Fsp3) is 1.00. The first-order chi connectivity index (χ1) is 3.58. The molecule has 2 aliphatic rings. The van der Waals surface area contributed by atoms with Crippen LogP contribution in [0.2, 0.25) is 0 Å². The third-order valence-corrected chi connectivity index (χ3v) is 2.15. The molecule has 2 fully saturated rings. The highest BCUT2D eigenvalue weighted by Crippen LogP contribution is 2.75. The number of hydrogen-bond acceptors (Lipinski definition) is 0. The first-order valence-corrected chi connectivity index (χ1v) is 2.62. The van der Waals surface area contributed by atoms with Crippen LogP contribution >= 0.6 is 0 Å². The van der Waals surface area contributed by atoms with Crippen LogP contribution in [0, 0.1) is 5.41 Å². The van der Waals surface area contributed by atoms with Crippen molar-refractivity contribution >= 4 is 0 Å². The van der Waals surface area contributed by atoms with E-state index < -0.39 is 17.4 Å². The van der Waals surface area contributed by atoms with Crippen molar-refractivity contribution in [2.24, 2.45) is 5.41 Å². The molecule has 0 saturated heterocycles. The van der Waals surface area contributed by atoms with Gasteiger partial charge in [-0.1, -0.05) is 0 Å². The molecule has 45 valence electrons. The average Bonchev–Trinajstić information content (AvgIpc) is 2.24. The van der Waals surface area contributed by atoms with Gasteiger partial charge in [-0.3, -0.25) is 0 Å². The summed E-state index contributed by atoms with van der Waals surface area (Å²) < 4.78 is 24.0. The fourth-order valence-corrected chi connectivity index (χ4v) is 1.19. The Labute approximate surface area is 45.3 Å². The van der Waals surface area contributed by atoms with E-state index in [-0.39, 0.29) is 12.8 Å². The predicted octanol–water partition coefficient (Wildman–Crippen LogP) is 1.21. The molecule has 2 atom stereocenters. The SMILES string of the molecule is [O]C1CC12CC2(F)F. The summed E-state index contributed by atoms with van der Waals surface area (Å²) >= 11 is 0. The van der Waals surface area contributed by atoms with Crippen LogP contribution in [0.3, 0.4) is 0 Å². The van der Waals surface area contributed by atoms with E-state index >= 15 is 0 Å². The van der Waals surface area contributed by atoms with Crippen molar-refractivity contribution in [3.8, 4) is 0 Å². The maximum Gasteiger partial charge on any atom is 0.257 e. The third kappa shape index (κ3) is 0.284. The molecule has 1 spiro atoms. The molecule has 0 heterocycles. The summed E-state index contributed by atoms with van der Waals surface area (Å²) in [6.07, 6.45) is -0.883. The topological polar surface area (TPSA) is 19.9 Å². The first kappa shape index (κ1) is 4.68. The maximum atomic E-state index is 12.0. The molecule has 1 nitrogen and oxygen atoms in total. The summed E-state index contributed by atoms with van der Waals surface area (Å²) in [7, 11) is 0. The smallest absolute Gasteiger partial charge is 0.232 e. The molecular formula is C5H5F2O. The molecule has 0 aromatic heterocycles. The number of hydrogen-bond donors (Lipinski definition) is 0. The minimum atomic E-state index is -2.58. The second-order valence-corrected chi connectivity index (χ2v) is 2.73. The summed E-state index contributed by atoms with van der Waals surface area (Å²) in [4.78, 5) is 0. The second kappa shape index (κ2) is 0.817. The van der Waals surface area contributed by atoms with Crippen molar-refractivity contribution < 1.29 is 13.9 Å². The van der Waals surface area contributed by atoms with Gasteiger partial charge in [-0.25, -0.2) is 13.9 Å². The van der Waals surface area contributed by atoms with Gasteiger partial charge in [0, 0.05) is 6.42 Å². The Bertz CT molecular complexity index is 145. The van der Waals surface area contributed by atoms with E-state index in [1.807, 2.05) is 0 Å². The molecule has 2 rings (SSSR count). The minimum absolute atomic E-state index is 0.145. The van der Waals surface area contributed by atoms with Gasteiger partial charge in [0.15, 0.2) is 0 Å². The van der Waals surface area contributed by atoms with Crippen LogP contribution in [0.5, 0.6) is 0 Å².